The molecule has 1 aliphatic carbocycles. The lowest BCUT2D eigenvalue weighted by molar-refractivity contribution is 0.0689. The number of carbonyl (C=O) groups excluding carboxylic acids is 1. The summed E-state index contributed by atoms with van der Waals surface area (Å²) >= 11 is 6.32. The van der Waals surface area contributed by atoms with Gasteiger partial charge in [-0.15, -0.1) is 0 Å². The summed E-state index contributed by atoms with van der Waals surface area (Å²) in [6.45, 7) is 4.68. The van der Waals surface area contributed by atoms with Gasteiger partial charge in [-0.25, -0.2) is 4.68 Å². The van der Waals surface area contributed by atoms with E-state index in [4.69, 9.17) is 11.6 Å². The van der Waals surface area contributed by atoms with Crippen LogP contribution in [0.15, 0.2) is 24.4 Å². The Balaban J connectivity index is 1.59. The molecule has 2 heterocycles. The van der Waals surface area contributed by atoms with Crippen molar-refractivity contribution in [1.82, 2.24) is 20.0 Å². The highest BCUT2D eigenvalue weighted by atomic mass is 35.5. The molecular weight excluding hydrogens is 360 g/mol. The van der Waals surface area contributed by atoms with E-state index < -0.39 is 0 Å². The van der Waals surface area contributed by atoms with Gasteiger partial charge in [0.15, 0.2) is 0 Å². The van der Waals surface area contributed by atoms with Gasteiger partial charge in [0.05, 0.1) is 23.1 Å². The van der Waals surface area contributed by atoms with Crippen LogP contribution in [-0.4, -0.2) is 47.3 Å². The summed E-state index contributed by atoms with van der Waals surface area (Å²) in [6, 6.07) is 5.97. The summed E-state index contributed by atoms with van der Waals surface area (Å²) < 4.78 is 1.92. The third-order valence-electron chi connectivity index (χ3n) is 5.80. The Morgan fingerprint density at radius 1 is 1.26 bits per heavy atom. The molecule has 5 nitrogen and oxygen atoms in total. The van der Waals surface area contributed by atoms with Gasteiger partial charge in [-0.05, 0) is 69.8 Å². The minimum atomic E-state index is 0.129. The molecule has 0 atom stereocenters. The maximum Gasteiger partial charge on any atom is 0.257 e. The molecule has 6 heteroatoms. The molecule has 1 aromatic heterocycles. The average Bonchev–Trinajstić information content (AvgIpc) is 3.42. The van der Waals surface area contributed by atoms with Gasteiger partial charge in [-0.1, -0.05) is 17.7 Å². The second kappa shape index (κ2) is 7.64. The first-order valence-electron chi connectivity index (χ1n) is 9.86. The topological polar surface area (TPSA) is 50.2 Å². The summed E-state index contributed by atoms with van der Waals surface area (Å²) in [7, 11) is 1.99. The van der Waals surface area contributed by atoms with E-state index >= 15 is 0 Å². The van der Waals surface area contributed by atoms with Crippen molar-refractivity contribution in [2.45, 2.75) is 38.5 Å². The number of nitrogens with one attached hydrogen (secondary N) is 1. The first-order chi connectivity index (χ1) is 13.1. The van der Waals surface area contributed by atoms with E-state index in [1.807, 2.05) is 41.8 Å². The smallest absolute Gasteiger partial charge is 0.257 e. The van der Waals surface area contributed by atoms with Gasteiger partial charge in [0.1, 0.15) is 0 Å². The zero-order chi connectivity index (χ0) is 19.0. The highest BCUT2D eigenvalue weighted by Crippen LogP contribution is 2.43. The third-order valence-corrected chi connectivity index (χ3v) is 6.20. The van der Waals surface area contributed by atoms with E-state index in [9.17, 15) is 4.79 Å². The second-order valence-corrected chi connectivity index (χ2v) is 8.26. The summed E-state index contributed by atoms with van der Waals surface area (Å²) in [6.07, 6.45) is 6.12. The SMILES string of the molecule is CNCC1CCN(C(=O)c2cnn(-c3ccc(C)c(Cl)c3)c2C2CC2)CC1. The lowest BCUT2D eigenvalue weighted by atomic mass is 9.96. The van der Waals surface area contributed by atoms with Crippen LogP contribution in [0.4, 0.5) is 0 Å². The summed E-state index contributed by atoms with van der Waals surface area (Å²) in [5, 5.41) is 8.55. The van der Waals surface area contributed by atoms with Gasteiger partial charge >= 0.3 is 0 Å². The van der Waals surface area contributed by atoms with Gasteiger partial charge in [-0.3, -0.25) is 4.79 Å². The van der Waals surface area contributed by atoms with Crippen molar-refractivity contribution in [3.8, 4) is 5.69 Å². The van der Waals surface area contributed by atoms with Crippen LogP contribution < -0.4 is 5.32 Å². The number of hydrogen-bond donors (Lipinski definition) is 1. The molecule has 1 saturated carbocycles. The Bertz CT molecular complexity index is 835. The minimum absolute atomic E-state index is 0.129. The van der Waals surface area contributed by atoms with Crippen LogP contribution in [0.3, 0.4) is 0 Å². The number of aryl methyl sites for hydroxylation is 1. The van der Waals surface area contributed by atoms with Crippen LogP contribution in [-0.2, 0) is 0 Å². The number of nitrogens with zero attached hydrogens (tertiary/aromatic N) is 3. The Morgan fingerprint density at radius 3 is 2.63 bits per heavy atom. The lowest BCUT2D eigenvalue weighted by Crippen LogP contribution is -2.40. The third kappa shape index (κ3) is 3.76. The molecule has 144 valence electrons. The number of benzene rings is 1. The fourth-order valence-electron chi connectivity index (χ4n) is 3.99. The van der Waals surface area contributed by atoms with E-state index in [0.29, 0.717) is 11.8 Å². The molecule has 2 aromatic rings. The summed E-state index contributed by atoms with van der Waals surface area (Å²) in [4.78, 5) is 15.2. The zero-order valence-corrected chi connectivity index (χ0v) is 16.8. The monoisotopic (exact) mass is 386 g/mol. The number of halogens is 1. The molecule has 0 spiro atoms. The molecule has 0 radical (unpaired) electrons. The van der Waals surface area contributed by atoms with Gasteiger partial charge in [0.25, 0.3) is 5.91 Å². The van der Waals surface area contributed by atoms with Gasteiger partial charge in [0, 0.05) is 24.0 Å². The molecule has 1 amide bonds. The van der Waals surface area contributed by atoms with Gasteiger partial charge in [0.2, 0.25) is 0 Å². The fourth-order valence-corrected chi connectivity index (χ4v) is 4.17. The number of amides is 1. The lowest BCUT2D eigenvalue weighted by Gasteiger charge is -2.32. The normalized spacial score (nSPS) is 18.1. The number of carbonyl (C=O) groups is 1. The van der Waals surface area contributed by atoms with E-state index in [1.165, 1.54) is 0 Å². The molecule has 4 rings (SSSR count). The molecular formula is C21H27ClN4O. The van der Waals surface area contributed by atoms with Crippen LogP contribution in [0.25, 0.3) is 5.69 Å². The first kappa shape index (κ1) is 18.5. The number of aromatic nitrogens is 2. The number of likely N-dealkylation sites (tertiary alicyclic amines) is 1. The Morgan fingerprint density at radius 2 is 2.00 bits per heavy atom. The standard InChI is InChI=1S/C21H27ClN4O/c1-14-3-6-17(11-19(14)22)26-20(16-4-5-16)18(13-24-26)21(27)25-9-7-15(8-10-25)12-23-2/h3,6,11,13,15-16,23H,4-5,7-10,12H2,1-2H3. The molecule has 2 aliphatic rings. The first-order valence-corrected chi connectivity index (χ1v) is 10.2. The van der Waals surface area contributed by atoms with Crippen LogP contribution >= 0.6 is 11.6 Å². The summed E-state index contributed by atoms with van der Waals surface area (Å²) in [5.74, 6) is 1.22. The Kier molecular flexibility index (Phi) is 5.24. The van der Waals surface area contributed by atoms with Crippen LogP contribution in [0.1, 0.15) is 53.2 Å². The largest absolute Gasteiger partial charge is 0.339 e. The molecule has 1 saturated heterocycles. The highest BCUT2D eigenvalue weighted by Gasteiger charge is 2.35. The van der Waals surface area contributed by atoms with E-state index in [-0.39, 0.29) is 5.91 Å². The van der Waals surface area contributed by atoms with Crippen LogP contribution in [0.5, 0.6) is 0 Å². The van der Waals surface area contributed by atoms with Crippen molar-refractivity contribution in [2.24, 2.45) is 5.92 Å². The Labute approximate surface area is 165 Å². The molecule has 1 N–H and O–H groups in total. The van der Waals surface area contributed by atoms with Gasteiger partial charge in [-0.2, -0.15) is 5.10 Å². The summed E-state index contributed by atoms with van der Waals surface area (Å²) in [5.41, 5.74) is 3.79. The second-order valence-electron chi connectivity index (χ2n) is 7.86. The van der Waals surface area contributed by atoms with E-state index in [0.717, 1.165) is 72.8 Å². The number of hydrogen-bond acceptors (Lipinski definition) is 3. The van der Waals surface area contributed by atoms with E-state index in [2.05, 4.69) is 10.4 Å². The quantitative estimate of drug-likeness (QED) is 0.850. The molecule has 1 aliphatic heterocycles. The van der Waals surface area contributed by atoms with Crippen LogP contribution in [0.2, 0.25) is 5.02 Å². The number of piperidine rings is 1. The van der Waals surface area contributed by atoms with Crippen molar-refractivity contribution in [3.63, 3.8) is 0 Å². The van der Waals surface area contributed by atoms with Crippen molar-refractivity contribution in [2.75, 3.05) is 26.7 Å². The van der Waals surface area contributed by atoms with E-state index in [1.54, 1.807) is 6.20 Å². The highest BCUT2D eigenvalue weighted by molar-refractivity contribution is 6.31. The minimum Gasteiger partial charge on any atom is -0.339 e. The van der Waals surface area contributed by atoms with Crippen LogP contribution in [0, 0.1) is 12.8 Å². The predicted molar refractivity (Wildman–Crippen MR) is 108 cm³/mol. The zero-order valence-electron chi connectivity index (χ0n) is 16.0. The average molecular weight is 387 g/mol. The Hall–Kier alpha value is -1.85. The van der Waals surface area contributed by atoms with Gasteiger partial charge < -0.3 is 10.2 Å². The molecule has 27 heavy (non-hydrogen) atoms. The van der Waals surface area contributed by atoms with Crippen molar-refractivity contribution < 1.29 is 4.79 Å². The molecule has 2 fully saturated rings. The molecule has 1 aromatic carbocycles. The maximum atomic E-state index is 13.2. The fraction of sp³-hybridized carbons (Fsp3) is 0.524. The maximum absolute atomic E-state index is 13.2. The molecule has 0 unspecified atom stereocenters. The predicted octanol–water partition coefficient (Wildman–Crippen LogP) is 3.78. The van der Waals surface area contributed by atoms with Crippen molar-refractivity contribution in [3.05, 3.63) is 46.2 Å². The van der Waals surface area contributed by atoms with Crippen molar-refractivity contribution in [1.29, 1.82) is 0 Å². The van der Waals surface area contributed by atoms with Crippen molar-refractivity contribution >= 4 is 17.5 Å². The molecule has 0 bridgehead atoms. The number of rotatable bonds is 5.